The fourth-order valence-electron chi connectivity index (χ4n) is 1.09. The van der Waals surface area contributed by atoms with Crippen LogP contribution < -0.4 is 10.5 Å². The molecule has 0 fully saturated rings. The first-order valence-corrected chi connectivity index (χ1v) is 7.50. The lowest BCUT2D eigenvalue weighted by Gasteiger charge is -2.32. The fraction of sp³-hybridized carbons (Fsp3) is 0.545. The van der Waals surface area contributed by atoms with Crippen molar-refractivity contribution in [2.75, 3.05) is 26.4 Å². The molecule has 19 heavy (non-hydrogen) atoms. The number of nitrogens with two attached hydrogens (primary N) is 1. The molecule has 108 valence electrons. The maximum absolute atomic E-state index is 12.1. The average molecular weight is 307 g/mol. The first kappa shape index (κ1) is 16.2. The highest BCUT2D eigenvalue weighted by Crippen LogP contribution is 2.20. The largest absolute Gasteiger partial charge is 0.382 e. The van der Waals surface area contributed by atoms with Crippen LogP contribution >= 0.6 is 11.6 Å². The Balaban J connectivity index is 2.90. The minimum Gasteiger partial charge on any atom is -0.382 e. The lowest BCUT2D eigenvalue weighted by molar-refractivity contribution is 0.199. The lowest BCUT2D eigenvalue weighted by atomic mass is 10.1. The van der Waals surface area contributed by atoms with Crippen LogP contribution in [0.2, 0.25) is 5.02 Å². The van der Waals surface area contributed by atoms with Crippen LogP contribution in [0.25, 0.3) is 0 Å². The van der Waals surface area contributed by atoms with Gasteiger partial charge in [0.25, 0.3) is 0 Å². The number of anilines is 1. The molecular weight excluding hydrogens is 288 g/mol. The standard InChI is InChI=1S/C11H19ClN4O2S/c1-11(2,16(3)4)7-15-19(17,18)8-5-9(12)10(13)14-6-8/h5-6,15H,7H2,1-4H3,(H2,13,14). The lowest BCUT2D eigenvalue weighted by Crippen LogP contribution is -2.48. The fourth-order valence-corrected chi connectivity index (χ4v) is 2.50. The smallest absolute Gasteiger partial charge is 0.242 e. The minimum atomic E-state index is -3.65. The van der Waals surface area contributed by atoms with Gasteiger partial charge in [-0.2, -0.15) is 0 Å². The summed E-state index contributed by atoms with van der Waals surface area (Å²) in [5.74, 6) is 0.106. The van der Waals surface area contributed by atoms with Crippen LogP contribution in [0.15, 0.2) is 17.2 Å². The molecule has 6 nitrogen and oxygen atoms in total. The van der Waals surface area contributed by atoms with Crippen molar-refractivity contribution in [1.82, 2.24) is 14.6 Å². The summed E-state index contributed by atoms with van der Waals surface area (Å²) in [5, 5.41) is 0.120. The van der Waals surface area contributed by atoms with E-state index in [4.69, 9.17) is 17.3 Å². The van der Waals surface area contributed by atoms with Crippen LogP contribution in [0, 0.1) is 0 Å². The first-order valence-electron chi connectivity index (χ1n) is 5.64. The number of pyridine rings is 1. The Kier molecular flexibility index (Phi) is 4.78. The molecule has 0 bridgehead atoms. The number of likely N-dealkylation sites (N-methyl/N-ethyl adjacent to an activating group) is 1. The van der Waals surface area contributed by atoms with E-state index in [-0.39, 0.29) is 27.8 Å². The van der Waals surface area contributed by atoms with Crippen molar-refractivity contribution in [1.29, 1.82) is 0 Å². The van der Waals surface area contributed by atoms with Crippen LogP contribution in [0.1, 0.15) is 13.8 Å². The predicted molar refractivity (Wildman–Crippen MR) is 76.6 cm³/mol. The number of hydrogen-bond acceptors (Lipinski definition) is 5. The van der Waals surface area contributed by atoms with E-state index in [2.05, 4.69) is 9.71 Å². The monoisotopic (exact) mass is 306 g/mol. The first-order chi connectivity index (χ1) is 8.56. The SMILES string of the molecule is CN(C)C(C)(C)CNS(=O)(=O)c1cnc(N)c(Cl)c1. The van der Waals surface area contributed by atoms with Gasteiger partial charge < -0.3 is 10.6 Å². The zero-order valence-corrected chi connectivity index (χ0v) is 13.0. The molecule has 1 rings (SSSR count). The van der Waals surface area contributed by atoms with Crippen molar-refractivity contribution in [2.45, 2.75) is 24.3 Å². The number of sulfonamides is 1. The highest BCUT2D eigenvalue weighted by atomic mass is 35.5. The minimum absolute atomic E-state index is 0.00116. The third kappa shape index (κ3) is 4.04. The molecule has 1 heterocycles. The third-order valence-corrected chi connectivity index (χ3v) is 4.73. The molecule has 0 saturated heterocycles. The number of halogens is 1. The zero-order valence-electron chi connectivity index (χ0n) is 11.4. The summed E-state index contributed by atoms with van der Waals surface area (Å²) >= 11 is 5.77. The Morgan fingerprint density at radius 3 is 2.53 bits per heavy atom. The number of nitrogen functional groups attached to an aromatic ring is 1. The third-order valence-electron chi connectivity index (χ3n) is 3.06. The Morgan fingerprint density at radius 1 is 1.47 bits per heavy atom. The van der Waals surface area contributed by atoms with Crippen LogP contribution in [0.4, 0.5) is 5.82 Å². The molecule has 1 aromatic rings. The number of nitrogens with zero attached hydrogens (tertiary/aromatic N) is 2. The number of hydrogen-bond donors (Lipinski definition) is 2. The van der Waals surface area contributed by atoms with Crippen LogP contribution in [0.5, 0.6) is 0 Å². The molecule has 0 amide bonds. The highest BCUT2D eigenvalue weighted by molar-refractivity contribution is 7.89. The van der Waals surface area contributed by atoms with Crippen molar-refractivity contribution in [3.8, 4) is 0 Å². The van der Waals surface area contributed by atoms with Crippen molar-refractivity contribution in [3.05, 3.63) is 17.3 Å². The molecule has 8 heteroatoms. The van der Waals surface area contributed by atoms with Gasteiger partial charge >= 0.3 is 0 Å². The summed E-state index contributed by atoms with van der Waals surface area (Å²) in [5.41, 5.74) is 5.14. The number of rotatable bonds is 5. The second-order valence-electron chi connectivity index (χ2n) is 5.07. The molecule has 1 aromatic heterocycles. The molecule has 0 spiro atoms. The van der Waals surface area contributed by atoms with E-state index in [9.17, 15) is 8.42 Å². The van der Waals surface area contributed by atoms with Gasteiger partial charge in [0.1, 0.15) is 10.7 Å². The molecule has 3 N–H and O–H groups in total. The molecule has 0 aliphatic rings. The van der Waals surface area contributed by atoms with Gasteiger partial charge in [-0.05, 0) is 34.0 Å². The molecule has 0 atom stereocenters. The van der Waals surface area contributed by atoms with Gasteiger partial charge in [-0.3, -0.25) is 0 Å². The normalized spacial score (nSPS) is 12.9. The second-order valence-corrected chi connectivity index (χ2v) is 7.24. The Labute approximate surface area is 119 Å². The number of nitrogens with one attached hydrogen (secondary N) is 1. The van der Waals surface area contributed by atoms with Gasteiger partial charge in [-0.15, -0.1) is 0 Å². The van der Waals surface area contributed by atoms with Crippen molar-refractivity contribution >= 4 is 27.4 Å². The van der Waals surface area contributed by atoms with E-state index in [1.807, 2.05) is 32.8 Å². The van der Waals surface area contributed by atoms with Gasteiger partial charge in [-0.1, -0.05) is 11.6 Å². The molecule has 0 saturated carbocycles. The Hall–Kier alpha value is -0.890. The maximum atomic E-state index is 12.1. The summed E-state index contributed by atoms with van der Waals surface area (Å²) < 4.78 is 26.7. The molecular formula is C11H19ClN4O2S. The van der Waals surface area contributed by atoms with E-state index < -0.39 is 10.0 Å². The average Bonchev–Trinajstić information content (AvgIpc) is 2.30. The van der Waals surface area contributed by atoms with Crippen molar-refractivity contribution in [3.63, 3.8) is 0 Å². The summed E-state index contributed by atoms with van der Waals surface area (Å²) in [4.78, 5) is 5.68. The van der Waals surface area contributed by atoms with Gasteiger partial charge in [0.05, 0.1) is 5.02 Å². The Morgan fingerprint density at radius 2 is 2.05 bits per heavy atom. The molecule has 0 aliphatic heterocycles. The summed E-state index contributed by atoms with van der Waals surface area (Å²) in [6.45, 7) is 4.14. The second kappa shape index (κ2) is 5.62. The Bertz CT molecular complexity index is 558. The van der Waals surface area contributed by atoms with Crippen LogP contribution in [-0.2, 0) is 10.0 Å². The van der Waals surface area contributed by atoms with E-state index in [1.165, 1.54) is 12.3 Å². The van der Waals surface area contributed by atoms with E-state index in [0.29, 0.717) is 0 Å². The topological polar surface area (TPSA) is 88.3 Å². The zero-order chi connectivity index (χ0) is 14.8. The van der Waals surface area contributed by atoms with Crippen molar-refractivity contribution in [2.24, 2.45) is 0 Å². The van der Waals surface area contributed by atoms with E-state index in [1.54, 1.807) is 0 Å². The van der Waals surface area contributed by atoms with Gasteiger partial charge in [0.15, 0.2) is 0 Å². The van der Waals surface area contributed by atoms with Gasteiger partial charge in [0.2, 0.25) is 10.0 Å². The molecule has 0 aromatic carbocycles. The van der Waals surface area contributed by atoms with Crippen LogP contribution in [-0.4, -0.2) is 44.5 Å². The van der Waals surface area contributed by atoms with E-state index in [0.717, 1.165) is 0 Å². The van der Waals surface area contributed by atoms with Gasteiger partial charge in [0, 0.05) is 18.3 Å². The van der Waals surface area contributed by atoms with E-state index >= 15 is 0 Å². The summed E-state index contributed by atoms with van der Waals surface area (Å²) in [7, 11) is 0.124. The predicted octanol–water partition coefficient (Wildman–Crippen LogP) is 0.936. The summed E-state index contributed by atoms with van der Waals surface area (Å²) in [6.07, 6.45) is 1.19. The van der Waals surface area contributed by atoms with Crippen LogP contribution in [0.3, 0.4) is 0 Å². The molecule has 0 radical (unpaired) electrons. The number of aromatic nitrogens is 1. The molecule has 0 unspecified atom stereocenters. The highest BCUT2D eigenvalue weighted by Gasteiger charge is 2.24. The quantitative estimate of drug-likeness (QED) is 0.845. The van der Waals surface area contributed by atoms with Gasteiger partial charge in [-0.25, -0.2) is 18.1 Å². The van der Waals surface area contributed by atoms with Crippen molar-refractivity contribution < 1.29 is 8.42 Å². The summed E-state index contributed by atoms with van der Waals surface area (Å²) in [6, 6.07) is 1.29. The molecule has 0 aliphatic carbocycles. The maximum Gasteiger partial charge on any atom is 0.242 e.